The summed E-state index contributed by atoms with van der Waals surface area (Å²) in [6, 6.07) is 4.10. The number of anilines is 1. The molecule has 0 saturated carbocycles. The van der Waals surface area contributed by atoms with Crippen LogP contribution in [0.25, 0.3) is 0 Å². The minimum Gasteiger partial charge on any atom is -0.356 e. The lowest BCUT2D eigenvalue weighted by molar-refractivity contribution is -0.119. The van der Waals surface area contributed by atoms with Gasteiger partial charge in [0.05, 0.1) is 0 Å². The Morgan fingerprint density at radius 2 is 2.19 bits per heavy atom. The molecule has 1 atom stereocenters. The van der Waals surface area contributed by atoms with Crippen molar-refractivity contribution in [2.45, 2.75) is 38.8 Å². The Kier molecular flexibility index (Phi) is 6.45. The molecule has 146 valence electrons. The van der Waals surface area contributed by atoms with Crippen LogP contribution < -0.4 is 10.2 Å². The fourth-order valence-electron chi connectivity index (χ4n) is 3.51. The Balaban J connectivity index is 1.64. The summed E-state index contributed by atoms with van der Waals surface area (Å²) in [7, 11) is 4.19. The molecule has 1 amide bonds. The molecule has 7 heteroatoms. The van der Waals surface area contributed by atoms with Gasteiger partial charge in [0, 0.05) is 64.2 Å². The van der Waals surface area contributed by atoms with Gasteiger partial charge in [-0.05, 0) is 38.6 Å². The summed E-state index contributed by atoms with van der Waals surface area (Å²) in [4.78, 5) is 24.9. The molecule has 0 spiro atoms. The molecule has 0 bridgehead atoms. The van der Waals surface area contributed by atoms with Gasteiger partial charge in [0.25, 0.3) is 0 Å². The Morgan fingerprint density at radius 3 is 2.89 bits per heavy atom. The zero-order chi connectivity index (χ0) is 19.2. The second kappa shape index (κ2) is 8.99. The molecule has 0 aliphatic carbocycles. The average molecular weight is 371 g/mol. The molecule has 3 rings (SSSR count). The molecule has 0 radical (unpaired) electrons. The van der Waals surface area contributed by atoms with Crippen molar-refractivity contribution in [3.63, 3.8) is 0 Å². The first-order valence-corrected chi connectivity index (χ1v) is 9.63. The zero-order valence-electron chi connectivity index (χ0n) is 16.6. The van der Waals surface area contributed by atoms with Crippen LogP contribution in [0.1, 0.15) is 37.1 Å². The van der Waals surface area contributed by atoms with Crippen LogP contribution in [0.4, 0.5) is 5.82 Å². The van der Waals surface area contributed by atoms with Crippen LogP contribution in [0.15, 0.2) is 30.7 Å². The number of pyridine rings is 1. The summed E-state index contributed by atoms with van der Waals surface area (Å²) >= 11 is 0. The van der Waals surface area contributed by atoms with Gasteiger partial charge in [-0.15, -0.1) is 0 Å². The number of likely N-dealkylation sites (N-methyl/N-ethyl adjacent to an activating group) is 1. The maximum absolute atomic E-state index is 11.0. The van der Waals surface area contributed by atoms with E-state index < -0.39 is 0 Å². The Morgan fingerprint density at radius 1 is 1.33 bits per heavy atom. The van der Waals surface area contributed by atoms with Crippen LogP contribution >= 0.6 is 0 Å². The third-order valence-electron chi connectivity index (χ3n) is 5.00. The first-order valence-electron chi connectivity index (χ1n) is 9.63. The van der Waals surface area contributed by atoms with Crippen LogP contribution in [0.3, 0.4) is 0 Å². The first kappa shape index (κ1) is 19.4. The number of hydrogen-bond donors (Lipinski definition) is 1. The van der Waals surface area contributed by atoms with Crippen LogP contribution in [-0.2, 0) is 17.9 Å². The third kappa shape index (κ3) is 5.29. The van der Waals surface area contributed by atoms with E-state index in [0.29, 0.717) is 12.5 Å². The lowest BCUT2D eigenvalue weighted by Crippen LogP contribution is -2.36. The van der Waals surface area contributed by atoms with Crippen molar-refractivity contribution in [1.29, 1.82) is 0 Å². The highest BCUT2D eigenvalue weighted by atomic mass is 16.1. The molecular formula is C20H30N6O. The van der Waals surface area contributed by atoms with Gasteiger partial charge in [0.1, 0.15) is 11.6 Å². The smallest absolute Gasteiger partial charge is 0.217 e. The summed E-state index contributed by atoms with van der Waals surface area (Å²) in [6.45, 7) is 5.99. The van der Waals surface area contributed by atoms with Crippen molar-refractivity contribution in [3.8, 4) is 0 Å². The Labute approximate surface area is 161 Å². The maximum atomic E-state index is 11.0. The molecule has 2 aromatic heterocycles. The fraction of sp³-hybridized carbons (Fsp3) is 0.550. The van der Waals surface area contributed by atoms with E-state index in [2.05, 4.69) is 56.0 Å². The molecule has 1 aliphatic heterocycles. The number of carbonyl (C=O) groups is 1. The number of aromatic nitrogens is 3. The topological polar surface area (TPSA) is 66.3 Å². The summed E-state index contributed by atoms with van der Waals surface area (Å²) < 4.78 is 2.29. The Bertz CT molecular complexity index is 739. The highest BCUT2D eigenvalue weighted by molar-refractivity contribution is 5.72. The van der Waals surface area contributed by atoms with Crippen LogP contribution in [0.5, 0.6) is 0 Å². The van der Waals surface area contributed by atoms with Crippen molar-refractivity contribution in [3.05, 3.63) is 42.1 Å². The van der Waals surface area contributed by atoms with Crippen molar-refractivity contribution in [2.24, 2.45) is 0 Å². The number of hydrogen-bond acceptors (Lipinski definition) is 5. The minimum atomic E-state index is -0.0253. The second-order valence-electron chi connectivity index (χ2n) is 7.50. The number of nitrogens with zero attached hydrogens (tertiary/aromatic N) is 5. The molecule has 0 unspecified atom stereocenters. The monoisotopic (exact) mass is 370 g/mol. The minimum absolute atomic E-state index is 0.0253. The molecule has 1 saturated heterocycles. The van der Waals surface area contributed by atoms with E-state index in [1.807, 2.05) is 18.5 Å². The van der Waals surface area contributed by atoms with Gasteiger partial charge >= 0.3 is 0 Å². The number of imidazole rings is 1. The van der Waals surface area contributed by atoms with E-state index in [1.54, 1.807) is 0 Å². The van der Waals surface area contributed by atoms with Gasteiger partial charge in [0.15, 0.2) is 0 Å². The molecule has 3 heterocycles. The predicted molar refractivity (Wildman–Crippen MR) is 107 cm³/mol. The molecule has 1 aliphatic rings. The Hall–Kier alpha value is -2.41. The summed E-state index contributed by atoms with van der Waals surface area (Å²) in [5, 5.41) is 2.81. The standard InChI is InChI=1S/C20H30N6O/c1-16(27)22-13-17-6-7-19(23-14-17)26-9-4-5-18(15-26)20-21-8-10-25(20)12-11-24(2)3/h6-8,10,14,18H,4-5,9,11-13,15H2,1-3H3,(H,22,27)/t18-/m1/s1. The molecular weight excluding hydrogens is 340 g/mol. The average Bonchev–Trinajstić information content (AvgIpc) is 3.14. The summed E-state index contributed by atoms with van der Waals surface area (Å²) in [5.41, 5.74) is 1.02. The van der Waals surface area contributed by atoms with E-state index in [0.717, 1.165) is 50.4 Å². The molecule has 1 fully saturated rings. The van der Waals surface area contributed by atoms with Gasteiger partial charge in [-0.1, -0.05) is 6.07 Å². The van der Waals surface area contributed by atoms with Gasteiger partial charge in [-0.2, -0.15) is 0 Å². The molecule has 27 heavy (non-hydrogen) atoms. The van der Waals surface area contributed by atoms with E-state index in [-0.39, 0.29) is 5.91 Å². The lowest BCUT2D eigenvalue weighted by Gasteiger charge is -2.33. The zero-order valence-corrected chi connectivity index (χ0v) is 16.6. The fourth-order valence-corrected chi connectivity index (χ4v) is 3.51. The van der Waals surface area contributed by atoms with Gasteiger partial charge in [-0.3, -0.25) is 4.79 Å². The maximum Gasteiger partial charge on any atom is 0.217 e. The van der Waals surface area contributed by atoms with E-state index in [9.17, 15) is 4.79 Å². The summed E-state index contributed by atoms with van der Waals surface area (Å²) in [5.74, 6) is 2.58. The number of amides is 1. The summed E-state index contributed by atoms with van der Waals surface area (Å²) in [6.07, 6.45) is 8.16. The molecule has 0 aromatic carbocycles. The van der Waals surface area contributed by atoms with Crippen LogP contribution in [0, 0.1) is 0 Å². The second-order valence-corrected chi connectivity index (χ2v) is 7.50. The lowest BCUT2D eigenvalue weighted by atomic mass is 9.97. The number of piperidine rings is 1. The highest BCUT2D eigenvalue weighted by Gasteiger charge is 2.25. The van der Waals surface area contributed by atoms with Crippen LogP contribution in [-0.4, -0.2) is 59.1 Å². The first-order chi connectivity index (χ1) is 13.0. The number of carbonyl (C=O) groups excluding carboxylic acids is 1. The molecule has 1 N–H and O–H groups in total. The third-order valence-corrected chi connectivity index (χ3v) is 5.00. The van der Waals surface area contributed by atoms with E-state index >= 15 is 0 Å². The van der Waals surface area contributed by atoms with E-state index in [1.165, 1.54) is 12.7 Å². The van der Waals surface area contributed by atoms with Crippen molar-refractivity contribution >= 4 is 11.7 Å². The van der Waals surface area contributed by atoms with Gasteiger partial charge in [0.2, 0.25) is 5.91 Å². The van der Waals surface area contributed by atoms with Crippen molar-refractivity contribution in [2.75, 3.05) is 38.6 Å². The van der Waals surface area contributed by atoms with E-state index in [4.69, 9.17) is 0 Å². The molecule has 2 aromatic rings. The van der Waals surface area contributed by atoms with Crippen LogP contribution in [0.2, 0.25) is 0 Å². The largest absolute Gasteiger partial charge is 0.356 e. The normalized spacial score (nSPS) is 17.3. The number of rotatable bonds is 7. The quantitative estimate of drug-likeness (QED) is 0.806. The van der Waals surface area contributed by atoms with Gasteiger partial charge < -0.3 is 19.7 Å². The SMILES string of the molecule is CC(=O)NCc1ccc(N2CCC[C@@H](c3nccn3CCN(C)C)C2)nc1. The molecule has 7 nitrogen and oxygen atoms in total. The highest BCUT2D eigenvalue weighted by Crippen LogP contribution is 2.28. The predicted octanol–water partition coefficient (Wildman–Crippen LogP) is 1.86. The number of nitrogens with one attached hydrogen (secondary N) is 1. The van der Waals surface area contributed by atoms with Crippen molar-refractivity contribution < 1.29 is 4.79 Å². The van der Waals surface area contributed by atoms with Crippen molar-refractivity contribution in [1.82, 2.24) is 24.8 Å². The van der Waals surface area contributed by atoms with Gasteiger partial charge in [-0.25, -0.2) is 9.97 Å².